The summed E-state index contributed by atoms with van der Waals surface area (Å²) in [6.07, 6.45) is 4.20. The van der Waals surface area contributed by atoms with E-state index in [0.29, 0.717) is 17.8 Å². The molecule has 0 aliphatic carbocycles. The molecule has 0 saturated carbocycles. The van der Waals surface area contributed by atoms with Crippen molar-refractivity contribution in [2.24, 2.45) is 0 Å². The fourth-order valence-electron chi connectivity index (χ4n) is 3.87. The number of likely N-dealkylation sites (tertiary alicyclic amines) is 1. The van der Waals surface area contributed by atoms with E-state index in [1.165, 1.54) is 0 Å². The van der Waals surface area contributed by atoms with Crippen molar-refractivity contribution in [3.63, 3.8) is 0 Å². The van der Waals surface area contributed by atoms with Crippen LogP contribution in [0.3, 0.4) is 0 Å². The molecule has 0 bridgehead atoms. The number of piperidine rings is 1. The Balaban J connectivity index is 1.35. The predicted molar refractivity (Wildman–Crippen MR) is 99.3 cm³/mol. The van der Waals surface area contributed by atoms with Crippen molar-refractivity contribution < 1.29 is 9.32 Å². The maximum absolute atomic E-state index is 12.9. The molecule has 4 aromatic rings. The van der Waals surface area contributed by atoms with Gasteiger partial charge >= 0.3 is 0 Å². The van der Waals surface area contributed by atoms with Crippen LogP contribution in [0.2, 0.25) is 0 Å². The first-order valence-electron chi connectivity index (χ1n) is 9.20. The molecule has 4 heterocycles. The van der Waals surface area contributed by atoms with E-state index in [4.69, 9.17) is 4.52 Å². The lowest BCUT2D eigenvalue weighted by molar-refractivity contribution is -0.131. The Morgan fingerprint density at radius 3 is 3.00 bits per heavy atom. The van der Waals surface area contributed by atoms with Crippen molar-refractivity contribution >= 4 is 22.5 Å². The van der Waals surface area contributed by atoms with Crippen LogP contribution >= 0.6 is 0 Å². The summed E-state index contributed by atoms with van der Waals surface area (Å²) in [4.78, 5) is 14.8. The molecule has 1 aliphatic heterocycles. The van der Waals surface area contributed by atoms with Gasteiger partial charge in [0.15, 0.2) is 11.2 Å². The van der Waals surface area contributed by atoms with E-state index in [2.05, 4.69) is 15.4 Å². The van der Waals surface area contributed by atoms with Gasteiger partial charge in [0, 0.05) is 30.6 Å². The molecule has 7 heteroatoms. The fourth-order valence-corrected chi connectivity index (χ4v) is 3.87. The number of pyridine rings is 1. The smallest absolute Gasteiger partial charge is 0.228 e. The van der Waals surface area contributed by atoms with Crippen LogP contribution in [0.5, 0.6) is 0 Å². The quantitative estimate of drug-likeness (QED) is 0.561. The number of amides is 1. The van der Waals surface area contributed by atoms with Crippen molar-refractivity contribution in [1.29, 1.82) is 0 Å². The molecule has 5 rings (SSSR count). The summed E-state index contributed by atoms with van der Waals surface area (Å²) in [6.45, 7) is 1.42. The lowest BCUT2D eigenvalue weighted by Crippen LogP contribution is -2.40. The largest absolute Gasteiger partial charge is 0.356 e. The van der Waals surface area contributed by atoms with Gasteiger partial charge in [-0.2, -0.15) is 0 Å². The van der Waals surface area contributed by atoms with Crippen LogP contribution in [0.1, 0.15) is 30.3 Å². The van der Waals surface area contributed by atoms with Crippen molar-refractivity contribution in [3.05, 3.63) is 60.2 Å². The van der Waals surface area contributed by atoms with Crippen molar-refractivity contribution in [1.82, 2.24) is 24.7 Å². The minimum atomic E-state index is 0.0765. The van der Waals surface area contributed by atoms with Crippen LogP contribution in [0, 0.1) is 0 Å². The SMILES string of the molecule is O=C(Cc1noc2ccccc12)N1CCC[C@H](c2nnc3ccccn23)C1. The molecule has 1 aromatic carbocycles. The second-order valence-electron chi connectivity index (χ2n) is 6.97. The fraction of sp³-hybridized carbons (Fsp3) is 0.300. The minimum absolute atomic E-state index is 0.0765. The summed E-state index contributed by atoms with van der Waals surface area (Å²) in [5.74, 6) is 1.19. The van der Waals surface area contributed by atoms with E-state index in [1.54, 1.807) is 0 Å². The van der Waals surface area contributed by atoms with Crippen LogP contribution in [0.4, 0.5) is 0 Å². The first-order valence-corrected chi connectivity index (χ1v) is 9.20. The Morgan fingerprint density at radius 2 is 2.04 bits per heavy atom. The summed E-state index contributed by atoms with van der Waals surface area (Å²) in [5, 5.41) is 13.6. The molecule has 3 aromatic heterocycles. The third-order valence-corrected chi connectivity index (χ3v) is 5.25. The maximum atomic E-state index is 12.9. The number of carbonyl (C=O) groups excluding carboxylic acids is 1. The molecule has 1 fully saturated rings. The number of carbonyl (C=O) groups is 1. The highest BCUT2D eigenvalue weighted by molar-refractivity contribution is 5.86. The Bertz CT molecular complexity index is 1120. The molecule has 136 valence electrons. The zero-order valence-electron chi connectivity index (χ0n) is 14.8. The average Bonchev–Trinajstić information content (AvgIpc) is 3.33. The predicted octanol–water partition coefficient (Wildman–Crippen LogP) is 2.82. The highest BCUT2D eigenvalue weighted by Gasteiger charge is 2.28. The first kappa shape index (κ1) is 16.0. The summed E-state index contributed by atoms with van der Waals surface area (Å²) < 4.78 is 7.34. The van der Waals surface area contributed by atoms with Gasteiger partial charge in [0.2, 0.25) is 5.91 Å². The summed E-state index contributed by atoms with van der Waals surface area (Å²) >= 11 is 0. The van der Waals surface area contributed by atoms with Crippen molar-refractivity contribution in [2.45, 2.75) is 25.2 Å². The molecule has 0 spiro atoms. The topological polar surface area (TPSA) is 76.5 Å². The van der Waals surface area contributed by atoms with Gasteiger partial charge in [0.1, 0.15) is 11.5 Å². The zero-order chi connectivity index (χ0) is 18.2. The van der Waals surface area contributed by atoms with E-state index < -0.39 is 0 Å². The lowest BCUT2D eigenvalue weighted by atomic mass is 9.96. The molecule has 7 nitrogen and oxygen atoms in total. The van der Waals surface area contributed by atoms with E-state index >= 15 is 0 Å². The van der Waals surface area contributed by atoms with E-state index in [0.717, 1.165) is 36.2 Å². The number of nitrogens with zero attached hydrogens (tertiary/aromatic N) is 5. The Labute approximate surface area is 155 Å². The number of rotatable bonds is 3. The monoisotopic (exact) mass is 361 g/mol. The van der Waals surface area contributed by atoms with Gasteiger partial charge in [-0.15, -0.1) is 10.2 Å². The number of aromatic nitrogens is 4. The van der Waals surface area contributed by atoms with E-state index in [-0.39, 0.29) is 18.2 Å². The van der Waals surface area contributed by atoms with Gasteiger partial charge in [-0.05, 0) is 37.1 Å². The summed E-state index contributed by atoms with van der Waals surface area (Å²) in [7, 11) is 0. The molecule has 1 aliphatic rings. The molecule has 0 radical (unpaired) electrons. The lowest BCUT2D eigenvalue weighted by Gasteiger charge is -2.31. The summed E-state index contributed by atoms with van der Waals surface area (Å²) in [5.41, 5.74) is 2.25. The number of hydrogen-bond acceptors (Lipinski definition) is 5. The second kappa shape index (κ2) is 6.50. The van der Waals surface area contributed by atoms with Gasteiger partial charge < -0.3 is 9.42 Å². The molecule has 0 unspecified atom stereocenters. The standard InChI is InChI=1S/C20H19N5O2/c26-19(12-16-15-7-1-2-8-17(15)27-23-16)24-10-5-6-14(13-24)20-22-21-18-9-3-4-11-25(18)20/h1-4,7-9,11,14H,5-6,10,12-13H2/t14-/m0/s1. The number of fused-ring (bicyclic) bond motifs is 2. The van der Waals surface area contributed by atoms with Crippen molar-refractivity contribution in [3.8, 4) is 0 Å². The average molecular weight is 361 g/mol. The van der Waals surface area contributed by atoms with Gasteiger partial charge in [-0.1, -0.05) is 23.4 Å². The molecule has 1 saturated heterocycles. The van der Waals surface area contributed by atoms with Crippen LogP contribution < -0.4 is 0 Å². The number of hydrogen-bond donors (Lipinski definition) is 0. The van der Waals surface area contributed by atoms with Gasteiger partial charge in [0.05, 0.1) is 6.42 Å². The molecular formula is C20H19N5O2. The Kier molecular flexibility index (Phi) is 3.85. The maximum Gasteiger partial charge on any atom is 0.228 e. The van der Waals surface area contributed by atoms with Gasteiger partial charge in [-0.3, -0.25) is 9.20 Å². The third-order valence-electron chi connectivity index (χ3n) is 5.25. The first-order chi connectivity index (χ1) is 13.3. The molecule has 1 atom stereocenters. The zero-order valence-corrected chi connectivity index (χ0v) is 14.8. The van der Waals surface area contributed by atoms with Gasteiger partial charge in [-0.25, -0.2) is 0 Å². The number of benzene rings is 1. The molecular weight excluding hydrogens is 342 g/mol. The molecule has 1 amide bonds. The minimum Gasteiger partial charge on any atom is -0.356 e. The normalized spacial score (nSPS) is 17.6. The van der Waals surface area contributed by atoms with Crippen LogP contribution in [0.25, 0.3) is 16.6 Å². The highest BCUT2D eigenvalue weighted by Crippen LogP contribution is 2.27. The van der Waals surface area contributed by atoms with Crippen LogP contribution in [-0.2, 0) is 11.2 Å². The van der Waals surface area contributed by atoms with Crippen molar-refractivity contribution in [2.75, 3.05) is 13.1 Å². The van der Waals surface area contributed by atoms with Crippen LogP contribution in [0.15, 0.2) is 53.2 Å². The van der Waals surface area contributed by atoms with Gasteiger partial charge in [0.25, 0.3) is 0 Å². The van der Waals surface area contributed by atoms with Crippen LogP contribution in [-0.4, -0.2) is 43.7 Å². The highest BCUT2D eigenvalue weighted by atomic mass is 16.5. The van der Waals surface area contributed by atoms with E-state index in [9.17, 15) is 4.79 Å². The number of para-hydroxylation sites is 1. The second-order valence-corrected chi connectivity index (χ2v) is 6.97. The summed E-state index contributed by atoms with van der Waals surface area (Å²) in [6, 6.07) is 13.5. The van der Waals surface area contributed by atoms with E-state index in [1.807, 2.05) is 58.0 Å². The Hall–Kier alpha value is -3.22. The Morgan fingerprint density at radius 1 is 1.15 bits per heavy atom. The molecule has 0 N–H and O–H groups in total. The third kappa shape index (κ3) is 2.85. The molecule has 27 heavy (non-hydrogen) atoms.